The van der Waals surface area contributed by atoms with Crippen LogP contribution in [0, 0.1) is 5.41 Å². The van der Waals surface area contributed by atoms with Crippen LogP contribution < -0.4 is 9.64 Å². The number of hydrogen-bond donors (Lipinski definition) is 0. The van der Waals surface area contributed by atoms with Gasteiger partial charge in [-0.3, -0.25) is 4.90 Å². The molecule has 4 heteroatoms. The van der Waals surface area contributed by atoms with E-state index in [1.165, 1.54) is 35.2 Å². The first-order valence-electron chi connectivity index (χ1n) is 15.1. The van der Waals surface area contributed by atoms with E-state index < -0.39 is 0 Å². The summed E-state index contributed by atoms with van der Waals surface area (Å²) >= 11 is 6.21. The molecule has 218 valence electrons. The van der Waals surface area contributed by atoms with Crippen LogP contribution in [0.25, 0.3) is 11.6 Å². The van der Waals surface area contributed by atoms with Gasteiger partial charge in [0.05, 0.1) is 0 Å². The highest BCUT2D eigenvalue weighted by molar-refractivity contribution is 6.30. The van der Waals surface area contributed by atoms with Crippen molar-refractivity contribution in [3.63, 3.8) is 0 Å². The second kappa shape index (κ2) is 14.2. The molecule has 2 aliphatic rings. The summed E-state index contributed by atoms with van der Waals surface area (Å²) in [6.45, 7) is 20.2. The average molecular weight is 571 g/mol. The van der Waals surface area contributed by atoms with Crippen molar-refractivity contribution in [1.82, 2.24) is 4.90 Å². The topological polar surface area (TPSA) is 15.7 Å². The lowest BCUT2D eigenvalue weighted by molar-refractivity contribution is 0.264. The molecule has 1 fully saturated rings. The molecule has 0 saturated carbocycles. The van der Waals surface area contributed by atoms with Crippen LogP contribution >= 0.6 is 11.6 Å². The van der Waals surface area contributed by atoms with Gasteiger partial charge in [-0.15, -0.1) is 0 Å². The van der Waals surface area contributed by atoms with Gasteiger partial charge < -0.3 is 9.64 Å². The van der Waals surface area contributed by atoms with Crippen molar-refractivity contribution in [1.29, 1.82) is 0 Å². The summed E-state index contributed by atoms with van der Waals surface area (Å²) in [6, 6.07) is 14.9. The average Bonchev–Trinajstić information content (AvgIpc) is 2.98. The Morgan fingerprint density at radius 3 is 2.41 bits per heavy atom. The molecule has 4 rings (SSSR count). The van der Waals surface area contributed by atoms with Gasteiger partial charge in [-0.1, -0.05) is 74.9 Å². The second-order valence-corrected chi connectivity index (χ2v) is 12.4. The zero-order valence-electron chi connectivity index (χ0n) is 25.7. The fourth-order valence-corrected chi connectivity index (χ4v) is 5.96. The monoisotopic (exact) mass is 570 g/mol. The molecule has 41 heavy (non-hydrogen) atoms. The first-order valence-corrected chi connectivity index (χ1v) is 15.5. The molecule has 1 saturated heterocycles. The van der Waals surface area contributed by atoms with Gasteiger partial charge in [0.2, 0.25) is 0 Å². The summed E-state index contributed by atoms with van der Waals surface area (Å²) in [5.41, 5.74) is 8.24. The van der Waals surface area contributed by atoms with Crippen LogP contribution in [-0.4, -0.2) is 37.6 Å². The van der Waals surface area contributed by atoms with Gasteiger partial charge in [0.1, 0.15) is 11.5 Å². The summed E-state index contributed by atoms with van der Waals surface area (Å²) in [5.74, 6) is 1.70. The van der Waals surface area contributed by atoms with Crippen LogP contribution in [0.15, 0.2) is 90.3 Å². The van der Waals surface area contributed by atoms with Gasteiger partial charge in [-0.2, -0.15) is 0 Å². The molecule has 0 radical (unpaired) electrons. The Balaban J connectivity index is 1.46. The maximum Gasteiger partial charge on any atom is 0.136 e. The Labute approximate surface area is 253 Å². The zero-order valence-corrected chi connectivity index (χ0v) is 26.4. The minimum atomic E-state index is 0.335. The van der Waals surface area contributed by atoms with Crippen molar-refractivity contribution in [2.24, 2.45) is 5.41 Å². The highest BCUT2D eigenvalue weighted by Crippen LogP contribution is 2.43. The number of piperazine rings is 1. The summed E-state index contributed by atoms with van der Waals surface area (Å²) in [4.78, 5) is 5.11. The molecule has 0 amide bonds. The predicted molar refractivity (Wildman–Crippen MR) is 179 cm³/mol. The number of nitrogens with zero attached hydrogens (tertiary/aromatic N) is 2. The highest BCUT2D eigenvalue weighted by atomic mass is 35.5. The van der Waals surface area contributed by atoms with Crippen molar-refractivity contribution in [2.75, 3.05) is 37.6 Å². The van der Waals surface area contributed by atoms with E-state index in [2.05, 4.69) is 85.7 Å². The predicted octanol–water partition coefficient (Wildman–Crippen LogP) is 9.96. The third kappa shape index (κ3) is 8.27. The van der Waals surface area contributed by atoms with Gasteiger partial charge >= 0.3 is 0 Å². The van der Waals surface area contributed by atoms with E-state index in [0.717, 1.165) is 67.7 Å². The second-order valence-electron chi connectivity index (χ2n) is 12.0. The highest BCUT2D eigenvalue weighted by Gasteiger charge is 2.29. The summed E-state index contributed by atoms with van der Waals surface area (Å²) in [6.07, 6.45) is 14.7. The lowest BCUT2D eigenvalue weighted by Gasteiger charge is -2.39. The quantitative estimate of drug-likeness (QED) is 0.209. The minimum absolute atomic E-state index is 0.335. The summed E-state index contributed by atoms with van der Waals surface area (Å²) in [5, 5.41) is 0.800. The van der Waals surface area contributed by atoms with E-state index in [4.69, 9.17) is 16.3 Å². The molecular formula is C37H47ClN2O. The molecule has 2 aromatic rings. The summed E-state index contributed by atoms with van der Waals surface area (Å²) in [7, 11) is 0. The van der Waals surface area contributed by atoms with Crippen LogP contribution in [0.5, 0.6) is 5.75 Å². The maximum absolute atomic E-state index is 6.42. The maximum atomic E-state index is 6.42. The van der Waals surface area contributed by atoms with Crippen molar-refractivity contribution >= 4 is 28.9 Å². The van der Waals surface area contributed by atoms with E-state index in [1.807, 2.05) is 38.1 Å². The number of halogens is 1. The molecule has 0 aromatic heterocycles. The van der Waals surface area contributed by atoms with Gasteiger partial charge in [-0.25, -0.2) is 0 Å². The molecular weight excluding hydrogens is 524 g/mol. The standard InChI is InChI=1S/C37H47ClN2O/c1-7-11-28(8-2)24-34(10-4)41-36-25-33(17-14-29(36)9-3)40-22-20-39(21-23-40)27-31-18-19-37(5,6)26-35(31)30-12-15-32(38)16-13-30/h7,9-17,24-25H,3,8,18-23,26-27H2,1-2,4-6H3/b11-7-,28-24+,34-10+. The Morgan fingerprint density at radius 1 is 1.05 bits per heavy atom. The Kier molecular flexibility index (Phi) is 10.8. The minimum Gasteiger partial charge on any atom is -0.457 e. The largest absolute Gasteiger partial charge is 0.457 e. The number of benzene rings is 2. The molecule has 1 heterocycles. The van der Waals surface area contributed by atoms with Gasteiger partial charge in [0.15, 0.2) is 0 Å². The molecule has 0 unspecified atom stereocenters. The molecule has 3 nitrogen and oxygen atoms in total. The number of hydrogen-bond acceptors (Lipinski definition) is 3. The Morgan fingerprint density at radius 2 is 1.78 bits per heavy atom. The number of rotatable bonds is 10. The number of anilines is 1. The van der Waals surface area contributed by atoms with Gasteiger partial charge in [0, 0.05) is 55.1 Å². The summed E-state index contributed by atoms with van der Waals surface area (Å²) < 4.78 is 6.42. The lowest BCUT2D eigenvalue weighted by Crippen LogP contribution is -2.47. The van der Waals surface area contributed by atoms with Crippen LogP contribution in [0.3, 0.4) is 0 Å². The number of allylic oxidation sites excluding steroid dienone is 6. The first kappa shape index (κ1) is 30.9. The van der Waals surface area contributed by atoms with E-state index in [1.54, 1.807) is 5.57 Å². The van der Waals surface area contributed by atoms with Crippen molar-refractivity contribution < 1.29 is 4.74 Å². The molecule has 1 aliphatic carbocycles. The molecule has 0 spiro atoms. The van der Waals surface area contributed by atoms with Gasteiger partial charge in [-0.05, 0) is 98.1 Å². The van der Waals surface area contributed by atoms with Gasteiger partial charge in [0.25, 0.3) is 0 Å². The van der Waals surface area contributed by atoms with Crippen LogP contribution in [-0.2, 0) is 0 Å². The third-order valence-corrected chi connectivity index (χ3v) is 8.63. The van der Waals surface area contributed by atoms with Crippen molar-refractivity contribution in [2.45, 2.75) is 60.3 Å². The fourth-order valence-electron chi connectivity index (χ4n) is 5.84. The van der Waals surface area contributed by atoms with Crippen molar-refractivity contribution in [3.05, 3.63) is 106 Å². The van der Waals surface area contributed by atoms with E-state index >= 15 is 0 Å². The smallest absolute Gasteiger partial charge is 0.136 e. The zero-order chi connectivity index (χ0) is 29.4. The van der Waals surface area contributed by atoms with E-state index in [0.29, 0.717) is 5.41 Å². The fraction of sp³-hybridized carbons (Fsp3) is 0.405. The van der Waals surface area contributed by atoms with E-state index in [-0.39, 0.29) is 0 Å². The lowest BCUT2D eigenvalue weighted by atomic mass is 9.72. The van der Waals surface area contributed by atoms with Crippen LogP contribution in [0.1, 0.15) is 71.4 Å². The SMILES string of the molecule is C=Cc1ccc(N2CCN(CC3=C(c4ccc(Cl)cc4)CC(C)(C)CC3)CC2)cc1OC(/C=C(/C=C\C)CC)=C/C. The molecule has 0 bridgehead atoms. The van der Waals surface area contributed by atoms with Crippen LogP contribution in [0.2, 0.25) is 5.02 Å². The van der Waals surface area contributed by atoms with Crippen molar-refractivity contribution in [3.8, 4) is 5.75 Å². The molecule has 0 atom stereocenters. The molecule has 1 aliphatic heterocycles. The molecule has 2 aromatic carbocycles. The Bertz CT molecular complexity index is 1320. The first-order chi connectivity index (χ1) is 19.7. The number of ether oxygens (including phenoxy) is 1. The third-order valence-electron chi connectivity index (χ3n) is 8.38. The normalized spacial score (nSPS) is 18.7. The van der Waals surface area contributed by atoms with Crippen LogP contribution in [0.4, 0.5) is 5.69 Å². The van der Waals surface area contributed by atoms with E-state index in [9.17, 15) is 0 Å². The molecule has 0 N–H and O–H groups in total. The Hall–Kier alpha value is -3.01.